The smallest absolute Gasteiger partial charge is 0.123 e. The third-order valence-corrected chi connectivity index (χ3v) is 3.00. The fraction of sp³-hybridized carbons (Fsp3) is 0.571. The Hall–Kier alpha value is -1.09. The molecule has 1 rings (SSSR count). The van der Waals surface area contributed by atoms with E-state index in [1.165, 1.54) is 12.1 Å². The van der Waals surface area contributed by atoms with Crippen molar-refractivity contribution >= 4 is 5.69 Å². The Balaban J connectivity index is 2.67. The van der Waals surface area contributed by atoms with E-state index in [1.807, 2.05) is 12.1 Å². The van der Waals surface area contributed by atoms with Gasteiger partial charge in [-0.3, -0.25) is 0 Å². The van der Waals surface area contributed by atoms with Gasteiger partial charge in [-0.2, -0.15) is 0 Å². The van der Waals surface area contributed by atoms with E-state index in [0.29, 0.717) is 6.04 Å². The average Bonchev–Trinajstić information content (AvgIpc) is 2.36. The molecule has 0 spiro atoms. The Morgan fingerprint density at radius 2 is 1.82 bits per heavy atom. The first-order chi connectivity index (χ1) is 8.21. The lowest BCUT2D eigenvalue weighted by Crippen LogP contribution is -2.40. The Morgan fingerprint density at radius 3 is 2.29 bits per heavy atom. The first-order valence-corrected chi connectivity index (χ1v) is 6.45. The minimum Gasteiger partial charge on any atom is -0.370 e. The molecule has 1 aromatic rings. The summed E-state index contributed by atoms with van der Waals surface area (Å²) >= 11 is 0. The third-order valence-electron chi connectivity index (χ3n) is 3.00. The van der Waals surface area contributed by atoms with Crippen molar-refractivity contribution < 1.29 is 4.39 Å². The van der Waals surface area contributed by atoms with Crippen molar-refractivity contribution in [3.05, 3.63) is 30.1 Å². The summed E-state index contributed by atoms with van der Waals surface area (Å²) in [4.78, 5) is 2.27. The number of benzene rings is 1. The predicted molar refractivity (Wildman–Crippen MR) is 72.0 cm³/mol. The minimum absolute atomic E-state index is 0.177. The molecule has 17 heavy (non-hydrogen) atoms. The van der Waals surface area contributed by atoms with Crippen molar-refractivity contribution in [3.8, 4) is 0 Å². The quantitative estimate of drug-likeness (QED) is 0.785. The van der Waals surface area contributed by atoms with Crippen molar-refractivity contribution in [1.29, 1.82) is 0 Å². The maximum atomic E-state index is 12.9. The molecule has 0 saturated carbocycles. The summed E-state index contributed by atoms with van der Waals surface area (Å²) in [5, 5.41) is 3.46. The zero-order valence-electron chi connectivity index (χ0n) is 11.0. The van der Waals surface area contributed by atoms with Gasteiger partial charge in [0.2, 0.25) is 0 Å². The van der Waals surface area contributed by atoms with Gasteiger partial charge in [0.15, 0.2) is 0 Å². The summed E-state index contributed by atoms with van der Waals surface area (Å²) in [6.07, 6.45) is 1.10. The normalized spacial score (nSPS) is 12.5. The molecular weight excluding hydrogens is 215 g/mol. The molecule has 1 N–H and O–H groups in total. The van der Waals surface area contributed by atoms with Crippen molar-refractivity contribution in [1.82, 2.24) is 5.32 Å². The van der Waals surface area contributed by atoms with Crippen LogP contribution in [0.1, 0.15) is 27.2 Å². The fourth-order valence-electron chi connectivity index (χ4n) is 1.96. The molecule has 2 nitrogen and oxygen atoms in total. The maximum absolute atomic E-state index is 12.9. The number of halogens is 1. The molecular formula is C14H23FN2. The van der Waals surface area contributed by atoms with Crippen molar-refractivity contribution in [3.63, 3.8) is 0 Å². The molecule has 0 radical (unpaired) electrons. The molecule has 1 aromatic carbocycles. The predicted octanol–water partition coefficient (Wildman–Crippen LogP) is 3.04. The van der Waals surface area contributed by atoms with Gasteiger partial charge in [0.05, 0.1) is 0 Å². The molecule has 0 aliphatic carbocycles. The number of nitrogens with zero attached hydrogens (tertiary/aromatic N) is 1. The second-order valence-electron chi connectivity index (χ2n) is 4.18. The molecule has 3 heteroatoms. The average molecular weight is 238 g/mol. The van der Waals surface area contributed by atoms with Gasteiger partial charge in [0.25, 0.3) is 0 Å². The Morgan fingerprint density at radius 1 is 1.18 bits per heavy atom. The monoisotopic (exact) mass is 238 g/mol. The van der Waals surface area contributed by atoms with Gasteiger partial charge < -0.3 is 10.2 Å². The highest BCUT2D eigenvalue weighted by Crippen LogP contribution is 2.15. The highest BCUT2D eigenvalue weighted by Gasteiger charge is 2.10. The maximum Gasteiger partial charge on any atom is 0.123 e. The lowest BCUT2D eigenvalue weighted by molar-refractivity contribution is 0.505. The van der Waals surface area contributed by atoms with Crippen LogP contribution < -0.4 is 10.2 Å². The lowest BCUT2D eigenvalue weighted by atomic mass is 10.2. The zero-order valence-corrected chi connectivity index (χ0v) is 11.0. The fourth-order valence-corrected chi connectivity index (χ4v) is 1.96. The molecule has 0 amide bonds. The topological polar surface area (TPSA) is 15.3 Å². The summed E-state index contributed by atoms with van der Waals surface area (Å²) in [7, 11) is 0. The van der Waals surface area contributed by atoms with Crippen LogP contribution in [0.25, 0.3) is 0 Å². The van der Waals surface area contributed by atoms with Crippen LogP contribution >= 0.6 is 0 Å². The number of likely N-dealkylation sites (N-methyl/N-ethyl adjacent to an activating group) is 2. The van der Waals surface area contributed by atoms with Crippen molar-refractivity contribution in [2.24, 2.45) is 0 Å². The van der Waals surface area contributed by atoms with E-state index < -0.39 is 0 Å². The zero-order chi connectivity index (χ0) is 12.7. The van der Waals surface area contributed by atoms with Gasteiger partial charge in [-0.15, -0.1) is 0 Å². The SMILES string of the molecule is CCNC(CC)CN(CC)c1ccc(F)cc1. The Kier molecular flexibility index (Phi) is 5.98. The molecule has 0 fully saturated rings. The largest absolute Gasteiger partial charge is 0.370 e. The standard InChI is InChI=1S/C14H23FN2/c1-4-13(16-5-2)11-17(6-3)14-9-7-12(15)8-10-14/h7-10,13,16H,4-6,11H2,1-3H3. The van der Waals surface area contributed by atoms with E-state index in [0.717, 1.165) is 31.7 Å². The summed E-state index contributed by atoms with van der Waals surface area (Å²) in [6.45, 7) is 9.32. The van der Waals surface area contributed by atoms with Gasteiger partial charge in [-0.1, -0.05) is 13.8 Å². The highest BCUT2D eigenvalue weighted by atomic mass is 19.1. The van der Waals surface area contributed by atoms with Crippen LogP contribution in [0, 0.1) is 5.82 Å². The van der Waals surface area contributed by atoms with Gasteiger partial charge in [0.1, 0.15) is 5.82 Å². The van der Waals surface area contributed by atoms with E-state index in [4.69, 9.17) is 0 Å². The molecule has 0 saturated heterocycles. The molecule has 0 aliphatic rings. The molecule has 96 valence electrons. The van der Waals surface area contributed by atoms with Gasteiger partial charge in [-0.05, 0) is 44.2 Å². The first-order valence-electron chi connectivity index (χ1n) is 6.45. The Labute approximate surface area is 104 Å². The molecule has 0 bridgehead atoms. The second-order valence-corrected chi connectivity index (χ2v) is 4.18. The summed E-state index contributed by atoms with van der Waals surface area (Å²) in [6, 6.07) is 7.22. The van der Waals surface area contributed by atoms with Crippen LogP contribution in [0.4, 0.5) is 10.1 Å². The van der Waals surface area contributed by atoms with Crippen LogP contribution in [0.3, 0.4) is 0 Å². The minimum atomic E-state index is -0.177. The molecule has 0 aliphatic heterocycles. The van der Waals surface area contributed by atoms with E-state index in [9.17, 15) is 4.39 Å². The van der Waals surface area contributed by atoms with E-state index in [-0.39, 0.29) is 5.82 Å². The first kappa shape index (κ1) is 14.0. The van der Waals surface area contributed by atoms with Crippen molar-refractivity contribution in [2.75, 3.05) is 24.5 Å². The van der Waals surface area contributed by atoms with Gasteiger partial charge in [-0.25, -0.2) is 4.39 Å². The lowest BCUT2D eigenvalue weighted by Gasteiger charge is -2.28. The summed E-state index contributed by atoms with van der Waals surface area (Å²) < 4.78 is 12.9. The van der Waals surface area contributed by atoms with Crippen molar-refractivity contribution in [2.45, 2.75) is 33.2 Å². The van der Waals surface area contributed by atoms with E-state index in [2.05, 4.69) is 31.0 Å². The molecule has 0 heterocycles. The Bertz CT molecular complexity index is 311. The van der Waals surface area contributed by atoms with E-state index >= 15 is 0 Å². The van der Waals surface area contributed by atoms with Crippen LogP contribution in [0.5, 0.6) is 0 Å². The second kappa shape index (κ2) is 7.28. The number of rotatable bonds is 7. The summed E-state index contributed by atoms with van der Waals surface area (Å²) in [5.74, 6) is -0.177. The van der Waals surface area contributed by atoms with Crippen LogP contribution in [-0.2, 0) is 0 Å². The van der Waals surface area contributed by atoms with Gasteiger partial charge >= 0.3 is 0 Å². The molecule has 1 atom stereocenters. The summed E-state index contributed by atoms with van der Waals surface area (Å²) in [5.41, 5.74) is 1.09. The van der Waals surface area contributed by atoms with Gasteiger partial charge in [0, 0.05) is 24.8 Å². The molecule has 0 aromatic heterocycles. The number of anilines is 1. The van der Waals surface area contributed by atoms with E-state index in [1.54, 1.807) is 0 Å². The molecule has 1 unspecified atom stereocenters. The van der Waals surface area contributed by atoms with Crippen LogP contribution in [0.2, 0.25) is 0 Å². The number of hydrogen-bond acceptors (Lipinski definition) is 2. The highest BCUT2D eigenvalue weighted by molar-refractivity contribution is 5.46. The third kappa shape index (κ3) is 4.35. The number of nitrogens with one attached hydrogen (secondary N) is 1. The number of hydrogen-bond donors (Lipinski definition) is 1. The van der Waals surface area contributed by atoms with Crippen LogP contribution in [0.15, 0.2) is 24.3 Å². The van der Waals surface area contributed by atoms with Crippen LogP contribution in [-0.4, -0.2) is 25.7 Å².